The van der Waals surface area contributed by atoms with Gasteiger partial charge >= 0.3 is 12.2 Å². The average Bonchev–Trinajstić information content (AvgIpc) is 3.10. The summed E-state index contributed by atoms with van der Waals surface area (Å²) in [5, 5.41) is 2.51. The second-order valence-corrected chi connectivity index (χ2v) is 5.62. The van der Waals surface area contributed by atoms with Crippen molar-refractivity contribution in [2.75, 3.05) is 36.5 Å². The minimum absolute atomic E-state index is 0.0637. The predicted octanol–water partition coefficient (Wildman–Crippen LogP) is 1.28. The van der Waals surface area contributed by atoms with E-state index in [0.29, 0.717) is 25.2 Å². The molecule has 8 heteroatoms. The Morgan fingerprint density at radius 2 is 2.21 bits per heavy atom. The van der Waals surface area contributed by atoms with E-state index in [4.69, 9.17) is 4.74 Å². The molecule has 1 aromatic rings. The van der Waals surface area contributed by atoms with Gasteiger partial charge in [0.05, 0.1) is 26.6 Å². The lowest BCUT2D eigenvalue weighted by Crippen LogP contribution is -2.34. The van der Waals surface area contributed by atoms with E-state index in [-0.39, 0.29) is 12.5 Å². The van der Waals surface area contributed by atoms with Gasteiger partial charge < -0.3 is 19.7 Å². The molecule has 1 atom stereocenters. The Morgan fingerprint density at radius 3 is 2.92 bits per heavy atom. The molecule has 3 amide bonds. The van der Waals surface area contributed by atoms with Gasteiger partial charge in [-0.15, -0.1) is 0 Å². The van der Waals surface area contributed by atoms with Gasteiger partial charge in [0, 0.05) is 17.9 Å². The van der Waals surface area contributed by atoms with E-state index in [1.165, 1.54) is 12.0 Å². The molecule has 8 nitrogen and oxygen atoms in total. The number of carbonyl (C=O) groups is 3. The summed E-state index contributed by atoms with van der Waals surface area (Å²) in [5.74, 6) is 0.0637. The van der Waals surface area contributed by atoms with Crippen LogP contribution in [0.15, 0.2) is 18.2 Å². The van der Waals surface area contributed by atoms with Crippen molar-refractivity contribution in [3.05, 3.63) is 23.8 Å². The van der Waals surface area contributed by atoms with E-state index >= 15 is 0 Å². The van der Waals surface area contributed by atoms with Gasteiger partial charge in [-0.1, -0.05) is 0 Å². The van der Waals surface area contributed by atoms with Gasteiger partial charge in [-0.2, -0.15) is 0 Å². The normalized spacial score (nSPS) is 19.3. The number of ether oxygens (including phenoxy) is 2. The van der Waals surface area contributed by atoms with E-state index in [1.54, 1.807) is 11.0 Å². The quantitative estimate of drug-likeness (QED) is 0.897. The number of fused-ring (bicyclic) bond motifs is 1. The second-order valence-electron chi connectivity index (χ2n) is 5.62. The van der Waals surface area contributed by atoms with Crippen LogP contribution >= 0.6 is 0 Å². The molecule has 1 saturated heterocycles. The van der Waals surface area contributed by atoms with Crippen LogP contribution < -0.4 is 15.1 Å². The molecule has 3 rings (SSSR count). The molecule has 2 aliphatic heterocycles. The lowest BCUT2D eigenvalue weighted by molar-refractivity contribution is -0.117. The molecule has 128 valence electrons. The van der Waals surface area contributed by atoms with Gasteiger partial charge in [-0.25, -0.2) is 9.59 Å². The Bertz CT molecular complexity index is 690. The summed E-state index contributed by atoms with van der Waals surface area (Å²) < 4.78 is 9.73. The molecule has 1 fully saturated rings. The van der Waals surface area contributed by atoms with Crippen LogP contribution in [0.1, 0.15) is 12.5 Å². The maximum Gasteiger partial charge on any atom is 0.414 e. The number of nitrogens with one attached hydrogen (secondary N) is 1. The first-order chi connectivity index (χ1) is 11.5. The fourth-order valence-corrected chi connectivity index (χ4v) is 2.99. The number of rotatable bonds is 4. The van der Waals surface area contributed by atoms with Crippen LogP contribution in [-0.4, -0.2) is 50.9 Å². The van der Waals surface area contributed by atoms with Crippen LogP contribution in [0, 0.1) is 0 Å². The van der Waals surface area contributed by atoms with Gasteiger partial charge in [0.1, 0.15) is 6.10 Å². The predicted molar refractivity (Wildman–Crippen MR) is 86.2 cm³/mol. The highest BCUT2D eigenvalue weighted by atomic mass is 16.6. The molecular formula is C16H19N3O5. The van der Waals surface area contributed by atoms with Crippen molar-refractivity contribution >= 4 is 29.5 Å². The third-order valence-electron chi connectivity index (χ3n) is 4.16. The fraction of sp³-hybridized carbons (Fsp3) is 0.438. The number of methoxy groups -OCH3 is 1. The minimum atomic E-state index is -0.569. The van der Waals surface area contributed by atoms with Crippen molar-refractivity contribution in [3.63, 3.8) is 0 Å². The fourth-order valence-electron chi connectivity index (χ4n) is 2.99. The highest BCUT2D eigenvalue weighted by Gasteiger charge is 2.34. The summed E-state index contributed by atoms with van der Waals surface area (Å²) in [4.78, 5) is 38.3. The number of nitrogens with zero attached hydrogens (tertiary/aromatic N) is 2. The zero-order valence-corrected chi connectivity index (χ0v) is 13.6. The highest BCUT2D eigenvalue weighted by Crippen LogP contribution is 2.33. The second kappa shape index (κ2) is 6.38. The molecule has 24 heavy (non-hydrogen) atoms. The molecule has 0 saturated carbocycles. The summed E-state index contributed by atoms with van der Waals surface area (Å²) >= 11 is 0. The van der Waals surface area contributed by atoms with Crippen LogP contribution in [0.3, 0.4) is 0 Å². The Labute approximate surface area is 139 Å². The summed E-state index contributed by atoms with van der Waals surface area (Å²) in [5.41, 5.74) is 2.48. The topological polar surface area (TPSA) is 88.2 Å². The van der Waals surface area contributed by atoms with Gasteiger partial charge in [-0.05, 0) is 30.7 Å². The zero-order chi connectivity index (χ0) is 17.3. The minimum Gasteiger partial charge on any atom is -0.453 e. The van der Waals surface area contributed by atoms with Crippen LogP contribution in [0.4, 0.5) is 21.0 Å². The van der Waals surface area contributed by atoms with Gasteiger partial charge in [-0.3, -0.25) is 9.69 Å². The molecule has 0 aromatic heterocycles. The van der Waals surface area contributed by atoms with Crippen LogP contribution in [-0.2, 0) is 20.7 Å². The largest absolute Gasteiger partial charge is 0.453 e. The first kappa shape index (κ1) is 16.1. The Hall–Kier alpha value is -2.77. The van der Waals surface area contributed by atoms with Crippen molar-refractivity contribution in [3.8, 4) is 0 Å². The molecule has 0 spiro atoms. The highest BCUT2D eigenvalue weighted by molar-refractivity contribution is 6.02. The maximum atomic E-state index is 12.1. The number of anilines is 2. The molecule has 0 radical (unpaired) electrons. The standard InChI is InChI=1S/C16H19N3O5/c1-3-18-13-5-4-11(6-10(13)7-14(18)20)19-9-12(24-16(19)22)8-17-15(21)23-2/h4-6,12H,3,7-9H2,1-2H3,(H,17,21)/t12-/m0/s1. The van der Waals surface area contributed by atoms with Crippen LogP contribution in [0.5, 0.6) is 0 Å². The molecule has 0 unspecified atom stereocenters. The smallest absolute Gasteiger partial charge is 0.414 e. The number of hydrogen-bond donors (Lipinski definition) is 1. The Morgan fingerprint density at radius 1 is 1.42 bits per heavy atom. The van der Waals surface area contributed by atoms with Crippen molar-refractivity contribution in [1.29, 1.82) is 0 Å². The van der Waals surface area contributed by atoms with Gasteiger partial charge in [0.2, 0.25) is 5.91 Å². The molecular weight excluding hydrogens is 314 g/mol. The number of alkyl carbamates (subject to hydrolysis) is 1. The number of cyclic esters (lactones) is 1. The molecule has 2 aliphatic rings. The van der Waals surface area contributed by atoms with E-state index in [0.717, 1.165) is 11.3 Å². The number of benzene rings is 1. The van der Waals surface area contributed by atoms with E-state index < -0.39 is 18.3 Å². The first-order valence-electron chi connectivity index (χ1n) is 7.76. The van der Waals surface area contributed by atoms with Gasteiger partial charge in [0.25, 0.3) is 0 Å². The molecule has 0 bridgehead atoms. The van der Waals surface area contributed by atoms with E-state index in [9.17, 15) is 14.4 Å². The summed E-state index contributed by atoms with van der Waals surface area (Å²) in [6, 6.07) is 5.50. The lowest BCUT2D eigenvalue weighted by Gasteiger charge is -2.17. The third kappa shape index (κ3) is 2.86. The number of carbonyl (C=O) groups excluding carboxylic acids is 3. The summed E-state index contributed by atoms with van der Waals surface area (Å²) in [7, 11) is 1.27. The Balaban J connectivity index is 1.71. The molecule has 1 aromatic carbocycles. The van der Waals surface area contributed by atoms with Crippen LogP contribution in [0.25, 0.3) is 0 Å². The number of hydrogen-bond acceptors (Lipinski definition) is 5. The lowest BCUT2D eigenvalue weighted by atomic mass is 10.1. The van der Waals surface area contributed by atoms with Crippen molar-refractivity contribution in [2.45, 2.75) is 19.4 Å². The summed E-state index contributed by atoms with van der Waals surface area (Å²) in [6.45, 7) is 3.06. The van der Waals surface area contributed by atoms with E-state index in [1.807, 2.05) is 19.1 Å². The Kier molecular flexibility index (Phi) is 4.28. The zero-order valence-electron chi connectivity index (χ0n) is 13.6. The number of amides is 3. The average molecular weight is 333 g/mol. The van der Waals surface area contributed by atoms with Crippen molar-refractivity contribution in [2.24, 2.45) is 0 Å². The monoisotopic (exact) mass is 333 g/mol. The van der Waals surface area contributed by atoms with Crippen molar-refractivity contribution in [1.82, 2.24) is 5.32 Å². The third-order valence-corrected chi connectivity index (χ3v) is 4.16. The maximum absolute atomic E-state index is 12.1. The first-order valence-corrected chi connectivity index (χ1v) is 7.76. The SMILES string of the molecule is CCN1C(=O)Cc2cc(N3C[C@H](CNC(=O)OC)OC3=O)ccc21. The molecule has 2 heterocycles. The summed E-state index contributed by atoms with van der Waals surface area (Å²) in [6.07, 6.45) is -1.14. The molecule has 1 N–H and O–H groups in total. The number of likely N-dealkylation sites (N-methyl/N-ethyl adjacent to an activating group) is 1. The van der Waals surface area contributed by atoms with E-state index in [2.05, 4.69) is 10.1 Å². The van der Waals surface area contributed by atoms with Crippen LogP contribution in [0.2, 0.25) is 0 Å². The molecule has 0 aliphatic carbocycles. The van der Waals surface area contributed by atoms with Gasteiger partial charge in [0.15, 0.2) is 0 Å². The van der Waals surface area contributed by atoms with Crippen molar-refractivity contribution < 1.29 is 23.9 Å².